The molecule has 0 saturated carbocycles. The zero-order chi connectivity index (χ0) is 31.6. The summed E-state index contributed by atoms with van der Waals surface area (Å²) < 4.78 is 0. The topological polar surface area (TPSA) is 159 Å². The SMILES string of the molecule is CCC1=C(C)C([CH-]C2=C(C)[C-](CCC(=O)O)/C(=C/[c-]3[nH+]c(/C=C4/NC(=O)[C@H](C)[C@H]4CC)c(C)c3CCC(=O)O)N2)NC1=O. The first-order valence-electron chi connectivity index (χ1n) is 14.9. The summed E-state index contributed by atoms with van der Waals surface area (Å²) in [6, 6.07) is -0.271. The molecule has 0 aromatic carbocycles. The van der Waals surface area contributed by atoms with E-state index in [1.165, 1.54) is 0 Å². The lowest BCUT2D eigenvalue weighted by Gasteiger charge is -2.30. The average molecular weight is 591 g/mol. The van der Waals surface area contributed by atoms with Crippen LogP contribution in [0, 0.1) is 31.1 Å². The van der Waals surface area contributed by atoms with E-state index in [-0.39, 0.29) is 42.5 Å². The first-order valence-corrected chi connectivity index (χ1v) is 14.9. The number of carbonyl (C=O) groups excluding carboxylic acids is 2. The molecule has 2 amide bonds. The largest absolute Gasteiger partial charge is 0.500 e. The van der Waals surface area contributed by atoms with Crippen LogP contribution in [0.15, 0.2) is 33.8 Å². The van der Waals surface area contributed by atoms with E-state index in [1.807, 2.05) is 60.1 Å². The highest BCUT2D eigenvalue weighted by Crippen LogP contribution is 2.38. The molecule has 3 aliphatic rings. The molecular weight excluding hydrogens is 548 g/mol. The summed E-state index contributed by atoms with van der Waals surface area (Å²) in [6.07, 6.45) is 7.75. The van der Waals surface area contributed by atoms with Gasteiger partial charge in [-0.15, -0.1) is 6.92 Å². The number of aromatic amines is 1. The van der Waals surface area contributed by atoms with Gasteiger partial charge in [0.1, 0.15) is 0 Å². The van der Waals surface area contributed by atoms with Crippen molar-refractivity contribution in [1.29, 1.82) is 0 Å². The molecule has 1 unspecified atom stereocenters. The maximum absolute atomic E-state index is 12.4. The standard InChI is InChI=1S/C33H42N4O6/c1-7-20-19(6)32(42)37-27(20)14-25-18(5)23(10-12-31(40)41)29(35-25)15-28-22(9-11-30(38)39)17(4)24(34-28)13-26-16(3)21(8-2)33(43)36-26/h13-15,19-20,26,34-35H,7-12H2,1-6H3,(H,36,43)(H,37,42)(H,38,39)(H,40,41)/q-2/b27-14+,28-15-/t19-,20-,26?/m1/s1. The van der Waals surface area contributed by atoms with Crippen LogP contribution < -0.4 is 20.9 Å². The molecule has 0 radical (unpaired) electrons. The van der Waals surface area contributed by atoms with Gasteiger partial charge in [0.05, 0.1) is 11.4 Å². The smallest absolute Gasteiger partial charge is 0.303 e. The van der Waals surface area contributed by atoms with Crippen LogP contribution >= 0.6 is 0 Å². The van der Waals surface area contributed by atoms with E-state index < -0.39 is 11.9 Å². The number of nitrogens with one attached hydrogen (secondary N) is 4. The zero-order valence-electron chi connectivity index (χ0n) is 25.7. The van der Waals surface area contributed by atoms with Gasteiger partial charge in [-0.05, 0) is 38.3 Å². The number of rotatable bonds is 12. The molecule has 6 N–H and O–H groups in total. The Hall–Kier alpha value is -4.34. The summed E-state index contributed by atoms with van der Waals surface area (Å²) in [4.78, 5) is 51.3. The highest BCUT2D eigenvalue weighted by Gasteiger charge is 2.34. The van der Waals surface area contributed by atoms with Gasteiger partial charge in [0.25, 0.3) is 0 Å². The molecule has 3 atom stereocenters. The molecule has 3 aliphatic heterocycles. The van der Waals surface area contributed by atoms with Gasteiger partial charge >= 0.3 is 11.9 Å². The monoisotopic (exact) mass is 590 g/mol. The van der Waals surface area contributed by atoms with Crippen LogP contribution in [0.4, 0.5) is 0 Å². The van der Waals surface area contributed by atoms with Crippen molar-refractivity contribution in [3.05, 3.63) is 68.7 Å². The molecule has 4 rings (SSSR count). The van der Waals surface area contributed by atoms with Crippen LogP contribution in [-0.2, 0) is 25.6 Å². The van der Waals surface area contributed by atoms with E-state index in [0.29, 0.717) is 19.3 Å². The highest BCUT2D eigenvalue weighted by molar-refractivity contribution is 5.97. The van der Waals surface area contributed by atoms with Gasteiger partial charge in [-0.1, -0.05) is 50.8 Å². The Kier molecular flexibility index (Phi) is 9.47. The van der Waals surface area contributed by atoms with Crippen LogP contribution in [0.2, 0.25) is 0 Å². The summed E-state index contributed by atoms with van der Waals surface area (Å²) >= 11 is 0. The maximum atomic E-state index is 12.4. The van der Waals surface area contributed by atoms with Crippen LogP contribution in [0.25, 0.3) is 12.2 Å². The predicted molar refractivity (Wildman–Crippen MR) is 161 cm³/mol. The Bertz CT molecular complexity index is 1460. The molecule has 10 heteroatoms. The number of aliphatic carboxylic acids is 2. The van der Waals surface area contributed by atoms with Crippen molar-refractivity contribution >= 4 is 35.9 Å². The maximum Gasteiger partial charge on any atom is 0.303 e. The lowest BCUT2D eigenvalue weighted by atomic mass is 9.91. The van der Waals surface area contributed by atoms with Gasteiger partial charge in [0, 0.05) is 35.9 Å². The number of H-pyrrole nitrogens is 1. The first kappa shape index (κ1) is 31.6. The van der Waals surface area contributed by atoms with Crippen LogP contribution in [0.5, 0.6) is 0 Å². The second-order valence-corrected chi connectivity index (χ2v) is 11.6. The lowest BCUT2D eigenvalue weighted by Crippen LogP contribution is -2.31. The van der Waals surface area contributed by atoms with Crippen molar-refractivity contribution in [2.45, 2.75) is 86.1 Å². The van der Waals surface area contributed by atoms with Crippen molar-refractivity contribution in [2.75, 3.05) is 0 Å². The minimum absolute atomic E-state index is 0.0106. The third-order valence-corrected chi connectivity index (χ3v) is 8.98. The van der Waals surface area contributed by atoms with Gasteiger partial charge in [-0.25, -0.2) is 12.1 Å². The molecule has 1 saturated heterocycles. The van der Waals surface area contributed by atoms with Gasteiger partial charge in [0.2, 0.25) is 11.8 Å². The Morgan fingerprint density at radius 1 is 1.07 bits per heavy atom. The van der Waals surface area contributed by atoms with Gasteiger partial charge in [-0.2, -0.15) is 11.8 Å². The van der Waals surface area contributed by atoms with Crippen molar-refractivity contribution < 1.29 is 34.4 Å². The molecule has 4 heterocycles. The minimum Gasteiger partial charge on any atom is -0.500 e. The predicted octanol–water partition coefficient (Wildman–Crippen LogP) is 3.76. The number of allylic oxidation sites excluding steroid dienone is 2. The normalized spacial score (nSPS) is 23.9. The molecular formula is C33H42N4O6-2. The Labute approximate surface area is 252 Å². The lowest BCUT2D eigenvalue weighted by molar-refractivity contribution is -0.379. The summed E-state index contributed by atoms with van der Waals surface area (Å²) in [6.45, 7) is 11.7. The quantitative estimate of drug-likeness (QED) is 0.232. The molecule has 43 heavy (non-hydrogen) atoms. The summed E-state index contributed by atoms with van der Waals surface area (Å²) in [5, 5.41) is 28.4. The molecule has 1 aromatic rings. The molecule has 1 aromatic heterocycles. The van der Waals surface area contributed by atoms with Crippen molar-refractivity contribution in [2.24, 2.45) is 11.8 Å². The molecule has 232 valence electrons. The summed E-state index contributed by atoms with van der Waals surface area (Å²) in [5.41, 5.74) is 8.23. The highest BCUT2D eigenvalue weighted by atomic mass is 16.4. The fourth-order valence-electron chi connectivity index (χ4n) is 6.32. The van der Waals surface area contributed by atoms with Crippen LogP contribution in [-0.4, -0.2) is 40.0 Å². The summed E-state index contributed by atoms with van der Waals surface area (Å²) in [5.74, 6) is -1.12. The van der Waals surface area contributed by atoms with E-state index in [9.17, 15) is 29.4 Å². The number of aromatic nitrogens is 1. The van der Waals surface area contributed by atoms with Crippen molar-refractivity contribution in [3.63, 3.8) is 0 Å². The van der Waals surface area contributed by atoms with Crippen LogP contribution in [0.1, 0.15) is 89.2 Å². The minimum atomic E-state index is -0.906. The van der Waals surface area contributed by atoms with E-state index in [2.05, 4.69) is 20.9 Å². The van der Waals surface area contributed by atoms with E-state index in [0.717, 1.165) is 68.7 Å². The molecule has 1 fully saturated rings. The summed E-state index contributed by atoms with van der Waals surface area (Å²) in [7, 11) is 0. The van der Waals surface area contributed by atoms with Crippen molar-refractivity contribution in [3.8, 4) is 0 Å². The zero-order valence-corrected chi connectivity index (χ0v) is 25.7. The number of carboxylic acid groups (broad SMARTS) is 2. The van der Waals surface area contributed by atoms with E-state index >= 15 is 0 Å². The van der Waals surface area contributed by atoms with Crippen LogP contribution in [0.3, 0.4) is 0 Å². The first-order chi connectivity index (χ1) is 20.4. The number of carboxylic acids is 2. The average Bonchev–Trinajstić information content (AvgIpc) is 3.59. The number of amides is 2. The van der Waals surface area contributed by atoms with E-state index in [4.69, 9.17) is 0 Å². The van der Waals surface area contributed by atoms with Gasteiger partial charge < -0.3 is 31.1 Å². The Balaban J connectivity index is 1.72. The second kappa shape index (κ2) is 12.9. The third kappa shape index (κ3) is 6.53. The third-order valence-electron chi connectivity index (χ3n) is 8.98. The molecule has 10 nitrogen and oxygen atoms in total. The fraction of sp³-hybridized carbons (Fsp3) is 0.455. The molecule has 0 bridgehead atoms. The molecule has 0 aliphatic carbocycles. The van der Waals surface area contributed by atoms with E-state index in [1.54, 1.807) is 0 Å². The van der Waals surface area contributed by atoms with Crippen molar-refractivity contribution in [1.82, 2.24) is 16.0 Å². The number of hydrogen-bond donors (Lipinski definition) is 5. The van der Waals surface area contributed by atoms with Gasteiger partial charge in [0.15, 0.2) is 0 Å². The second-order valence-electron chi connectivity index (χ2n) is 11.6. The number of hydrogen-bond acceptors (Lipinski definition) is 5. The fourth-order valence-corrected chi connectivity index (χ4v) is 6.32. The number of carbonyl (C=O) groups is 4. The Morgan fingerprint density at radius 3 is 2.37 bits per heavy atom. The Morgan fingerprint density at radius 2 is 1.77 bits per heavy atom. The van der Waals surface area contributed by atoms with Gasteiger partial charge in [-0.3, -0.25) is 30.7 Å². The molecule has 0 spiro atoms.